The average molecular weight is 284 g/mol. The van der Waals surface area contributed by atoms with E-state index in [-0.39, 0.29) is 5.56 Å². The Morgan fingerprint density at radius 1 is 1.47 bits per heavy atom. The Labute approximate surface area is 104 Å². The predicted molar refractivity (Wildman–Crippen MR) is 53.4 cm³/mol. The first-order chi connectivity index (χ1) is 8.72. The van der Waals surface area contributed by atoms with Gasteiger partial charge in [0.15, 0.2) is 5.69 Å². The van der Waals surface area contributed by atoms with Crippen LogP contribution in [0.4, 0.5) is 22.0 Å². The van der Waals surface area contributed by atoms with E-state index in [0.717, 1.165) is 7.11 Å². The molecule has 0 radical (unpaired) electrons. The largest absolute Gasteiger partial charge is 0.464 e. The summed E-state index contributed by atoms with van der Waals surface area (Å²) in [6.45, 7) is -0.468. The van der Waals surface area contributed by atoms with Crippen LogP contribution in [0.25, 0.3) is 0 Å². The number of nitrogens with two attached hydrogens (primary N) is 1. The smallest absolute Gasteiger partial charge is 0.418 e. The lowest BCUT2D eigenvalue weighted by molar-refractivity contribution is -0.140. The number of carbonyl (C=O) groups excluding carboxylic acids is 1. The molecule has 2 N–H and O–H groups in total. The number of halogens is 5. The van der Waals surface area contributed by atoms with Gasteiger partial charge in [-0.2, -0.15) is 13.2 Å². The number of rotatable bonds is 3. The number of hydrogen-bond donors (Lipinski definition) is 1. The number of nitrogens with zero attached hydrogens (tertiary/aromatic N) is 1. The second-order valence-electron chi connectivity index (χ2n) is 3.42. The fraction of sp³-hybridized carbons (Fsp3) is 0.400. The summed E-state index contributed by atoms with van der Waals surface area (Å²) in [6, 6.07) is 0.390. The van der Waals surface area contributed by atoms with Crippen molar-refractivity contribution in [2.24, 2.45) is 5.73 Å². The van der Waals surface area contributed by atoms with Gasteiger partial charge < -0.3 is 10.5 Å². The zero-order valence-corrected chi connectivity index (χ0v) is 9.59. The molecule has 0 aromatic carbocycles. The van der Waals surface area contributed by atoms with Crippen molar-refractivity contribution in [3.8, 4) is 0 Å². The van der Waals surface area contributed by atoms with E-state index in [2.05, 4.69) is 9.72 Å². The van der Waals surface area contributed by atoms with Crippen molar-refractivity contribution < 1.29 is 31.5 Å². The van der Waals surface area contributed by atoms with Crippen LogP contribution in [0.2, 0.25) is 0 Å². The molecule has 1 aromatic rings. The molecule has 0 saturated carbocycles. The summed E-state index contributed by atoms with van der Waals surface area (Å²) in [5.41, 5.74) is 1.08. The van der Waals surface area contributed by atoms with Crippen molar-refractivity contribution in [1.82, 2.24) is 4.98 Å². The molecular formula is C10H9F5N2O2. The van der Waals surface area contributed by atoms with Crippen LogP contribution in [0.3, 0.4) is 0 Å². The summed E-state index contributed by atoms with van der Waals surface area (Å²) in [4.78, 5) is 14.3. The highest BCUT2D eigenvalue weighted by Crippen LogP contribution is 2.36. The molecule has 0 unspecified atom stereocenters. The minimum atomic E-state index is -5.02. The number of hydrogen-bond acceptors (Lipinski definition) is 4. The van der Waals surface area contributed by atoms with Crippen LogP contribution < -0.4 is 5.73 Å². The van der Waals surface area contributed by atoms with Crippen LogP contribution in [0.5, 0.6) is 0 Å². The highest BCUT2D eigenvalue weighted by Gasteiger charge is 2.38. The van der Waals surface area contributed by atoms with Gasteiger partial charge in [-0.25, -0.2) is 18.6 Å². The Kier molecular flexibility index (Phi) is 4.40. The molecule has 19 heavy (non-hydrogen) atoms. The van der Waals surface area contributed by atoms with Crippen molar-refractivity contribution in [1.29, 1.82) is 0 Å². The van der Waals surface area contributed by atoms with Crippen LogP contribution in [-0.4, -0.2) is 18.1 Å². The quantitative estimate of drug-likeness (QED) is 0.683. The lowest BCUT2D eigenvalue weighted by atomic mass is 10.1. The summed E-state index contributed by atoms with van der Waals surface area (Å²) in [6.07, 6.45) is -8.50. The molecule has 0 aliphatic rings. The Hall–Kier alpha value is -1.77. The number of carbonyl (C=O) groups is 1. The topological polar surface area (TPSA) is 65.2 Å². The Bertz CT molecular complexity index is 488. The van der Waals surface area contributed by atoms with Crippen molar-refractivity contribution in [2.45, 2.75) is 19.1 Å². The van der Waals surface area contributed by atoms with Crippen LogP contribution in [-0.2, 0) is 17.5 Å². The van der Waals surface area contributed by atoms with Gasteiger partial charge >= 0.3 is 12.1 Å². The molecule has 4 nitrogen and oxygen atoms in total. The molecule has 9 heteroatoms. The van der Waals surface area contributed by atoms with E-state index >= 15 is 0 Å². The first kappa shape index (κ1) is 15.3. The number of aromatic nitrogens is 1. The molecule has 0 spiro atoms. The Morgan fingerprint density at radius 3 is 2.42 bits per heavy atom. The van der Waals surface area contributed by atoms with Crippen molar-refractivity contribution >= 4 is 5.97 Å². The fourth-order valence-corrected chi connectivity index (χ4v) is 1.39. The van der Waals surface area contributed by atoms with Crippen LogP contribution in [0, 0.1) is 0 Å². The van der Waals surface area contributed by atoms with E-state index in [1.54, 1.807) is 0 Å². The van der Waals surface area contributed by atoms with Crippen LogP contribution >= 0.6 is 0 Å². The highest BCUT2D eigenvalue weighted by molar-refractivity contribution is 5.89. The zero-order chi connectivity index (χ0) is 14.8. The number of pyridine rings is 1. The van der Waals surface area contributed by atoms with E-state index in [0.29, 0.717) is 6.07 Å². The predicted octanol–water partition coefficient (Wildman–Crippen LogP) is 2.28. The molecule has 106 valence electrons. The molecule has 0 fully saturated rings. The number of alkyl halides is 5. The van der Waals surface area contributed by atoms with Gasteiger partial charge in [0.25, 0.3) is 6.43 Å². The maximum Gasteiger partial charge on any atom is 0.418 e. The molecule has 0 aliphatic carbocycles. The van der Waals surface area contributed by atoms with E-state index in [4.69, 9.17) is 5.73 Å². The maximum absolute atomic E-state index is 12.6. The van der Waals surface area contributed by atoms with Gasteiger partial charge in [-0.3, -0.25) is 0 Å². The van der Waals surface area contributed by atoms with E-state index < -0.39 is 42.1 Å². The fourth-order valence-electron chi connectivity index (χ4n) is 1.39. The molecule has 0 saturated heterocycles. The summed E-state index contributed by atoms with van der Waals surface area (Å²) in [5.74, 6) is -1.13. The first-order valence-electron chi connectivity index (χ1n) is 4.89. The molecule has 0 bridgehead atoms. The molecular weight excluding hydrogens is 275 g/mol. The van der Waals surface area contributed by atoms with Gasteiger partial charge in [0.1, 0.15) is 5.69 Å². The van der Waals surface area contributed by atoms with Gasteiger partial charge in [0.2, 0.25) is 0 Å². The first-order valence-corrected chi connectivity index (χ1v) is 4.89. The third-order valence-electron chi connectivity index (χ3n) is 2.24. The van der Waals surface area contributed by atoms with Gasteiger partial charge in [0, 0.05) is 6.54 Å². The average Bonchev–Trinajstić information content (AvgIpc) is 2.34. The minimum Gasteiger partial charge on any atom is -0.464 e. The molecule has 0 atom stereocenters. The third kappa shape index (κ3) is 3.16. The van der Waals surface area contributed by atoms with Crippen molar-refractivity contribution in [2.75, 3.05) is 7.11 Å². The summed E-state index contributed by atoms with van der Waals surface area (Å²) in [7, 11) is 0.948. The van der Waals surface area contributed by atoms with Gasteiger partial charge in [-0.05, 0) is 11.6 Å². The normalized spacial score (nSPS) is 11.8. The van der Waals surface area contributed by atoms with E-state index in [1.807, 2.05) is 0 Å². The summed E-state index contributed by atoms with van der Waals surface area (Å²) < 4.78 is 67.3. The Balaban J connectivity index is 3.56. The molecule has 1 aromatic heterocycles. The molecule has 0 amide bonds. The SMILES string of the molecule is COC(=O)c1nc(C(F)F)c(C(F)(F)F)cc1CN. The Morgan fingerprint density at radius 2 is 2.05 bits per heavy atom. The minimum absolute atomic E-state index is 0.316. The van der Waals surface area contributed by atoms with Crippen molar-refractivity contribution in [3.63, 3.8) is 0 Å². The maximum atomic E-state index is 12.6. The lowest BCUT2D eigenvalue weighted by Crippen LogP contribution is -2.19. The van der Waals surface area contributed by atoms with Gasteiger partial charge in [-0.1, -0.05) is 0 Å². The van der Waals surface area contributed by atoms with Crippen LogP contribution in [0.15, 0.2) is 6.07 Å². The molecule has 0 aliphatic heterocycles. The molecule has 1 rings (SSSR count). The van der Waals surface area contributed by atoms with E-state index in [1.165, 1.54) is 0 Å². The van der Waals surface area contributed by atoms with Crippen molar-refractivity contribution in [3.05, 3.63) is 28.6 Å². The van der Waals surface area contributed by atoms with Crippen LogP contribution in [0.1, 0.15) is 33.7 Å². The third-order valence-corrected chi connectivity index (χ3v) is 2.24. The number of ether oxygens (including phenoxy) is 1. The number of esters is 1. The second kappa shape index (κ2) is 5.47. The lowest BCUT2D eigenvalue weighted by Gasteiger charge is -2.15. The summed E-state index contributed by atoms with van der Waals surface area (Å²) in [5, 5.41) is 0. The molecule has 1 heterocycles. The zero-order valence-electron chi connectivity index (χ0n) is 9.59. The summed E-state index contributed by atoms with van der Waals surface area (Å²) >= 11 is 0. The number of methoxy groups -OCH3 is 1. The monoisotopic (exact) mass is 284 g/mol. The second-order valence-corrected chi connectivity index (χ2v) is 3.42. The standard InChI is InChI=1S/C10H9F5N2O2/c1-19-9(18)6-4(3-16)2-5(10(13,14)15)7(17-6)8(11)12/h2,8H,3,16H2,1H3. The van der Waals surface area contributed by atoms with Gasteiger partial charge in [0.05, 0.1) is 12.7 Å². The van der Waals surface area contributed by atoms with E-state index in [9.17, 15) is 26.7 Å². The van der Waals surface area contributed by atoms with Gasteiger partial charge in [-0.15, -0.1) is 0 Å². The highest BCUT2D eigenvalue weighted by atomic mass is 19.4.